The van der Waals surface area contributed by atoms with E-state index in [0.29, 0.717) is 28.2 Å². The van der Waals surface area contributed by atoms with Gasteiger partial charge in [-0.05, 0) is 74.8 Å². The highest BCUT2D eigenvalue weighted by Gasteiger charge is 2.69. The molecule has 2 heterocycles. The molecule has 1 unspecified atom stereocenters. The molecule has 3 N–H and O–H groups in total. The van der Waals surface area contributed by atoms with Gasteiger partial charge in [-0.2, -0.15) is 0 Å². The van der Waals surface area contributed by atoms with Crippen LogP contribution in [0.1, 0.15) is 43.7 Å². The summed E-state index contributed by atoms with van der Waals surface area (Å²) in [6.45, 7) is 7.94. The van der Waals surface area contributed by atoms with E-state index < -0.39 is 69.5 Å². The third-order valence-electron chi connectivity index (χ3n) is 8.49. The van der Waals surface area contributed by atoms with E-state index in [1.54, 1.807) is 72.4 Å². The van der Waals surface area contributed by atoms with E-state index >= 15 is 0 Å². The molecule has 5 rings (SSSR count). The van der Waals surface area contributed by atoms with Crippen LogP contribution in [0.5, 0.6) is 11.5 Å². The predicted molar refractivity (Wildman–Crippen MR) is 193 cm³/mol. The minimum Gasteiger partial charge on any atom is -0.497 e. The van der Waals surface area contributed by atoms with Gasteiger partial charge >= 0.3 is 13.3 Å². The molecule has 1 fully saturated rings. The third-order valence-corrected chi connectivity index (χ3v) is 12.8. The topological polar surface area (TPSA) is 168 Å². The molecule has 51 heavy (non-hydrogen) atoms. The number of aliphatic hydroxyl groups is 1. The van der Waals surface area contributed by atoms with Crippen LogP contribution < -0.4 is 20.7 Å². The molecule has 0 spiro atoms. The summed E-state index contributed by atoms with van der Waals surface area (Å²) < 4.78 is 51.6. The third kappa shape index (κ3) is 7.69. The van der Waals surface area contributed by atoms with Crippen LogP contribution in [-0.2, 0) is 28.6 Å². The smallest absolute Gasteiger partial charge is 0.355 e. The number of H-pyrrole nitrogens is 1. The summed E-state index contributed by atoms with van der Waals surface area (Å²) in [5, 5.41) is 9.94. The second-order valence-corrected chi connectivity index (χ2v) is 18.2. The number of hydrogen-bond donors (Lipinski definition) is 3. The van der Waals surface area contributed by atoms with Gasteiger partial charge in [0.2, 0.25) is 5.34 Å². The van der Waals surface area contributed by atoms with Gasteiger partial charge < -0.3 is 37.9 Å². The Morgan fingerprint density at radius 2 is 1.41 bits per heavy atom. The lowest BCUT2D eigenvalue weighted by atomic mass is 9.80. The van der Waals surface area contributed by atoms with Crippen LogP contribution in [-0.4, -0.2) is 72.6 Å². The van der Waals surface area contributed by atoms with Gasteiger partial charge in [-0.1, -0.05) is 54.6 Å². The van der Waals surface area contributed by atoms with E-state index in [1.807, 2.05) is 54.6 Å². The highest BCUT2D eigenvalue weighted by molar-refractivity contribution is 7.55. The van der Waals surface area contributed by atoms with E-state index in [4.69, 9.17) is 27.9 Å². The zero-order valence-electron chi connectivity index (χ0n) is 29.6. The van der Waals surface area contributed by atoms with Gasteiger partial charge in [0, 0.05) is 12.3 Å². The molecular weight excluding hydrogens is 695 g/mol. The van der Waals surface area contributed by atoms with Gasteiger partial charge in [0.15, 0.2) is 15.3 Å². The highest BCUT2D eigenvalue weighted by Crippen LogP contribution is 2.64. The molecule has 0 bridgehead atoms. The van der Waals surface area contributed by atoms with Gasteiger partial charge in [0.05, 0.1) is 26.4 Å². The van der Waals surface area contributed by atoms with Crippen LogP contribution in [0.4, 0.5) is 0 Å². The summed E-state index contributed by atoms with van der Waals surface area (Å²) >= 11 is 0. The number of rotatable bonds is 13. The molecule has 1 aromatic heterocycles. The molecule has 0 aliphatic carbocycles. The predicted octanol–water partition coefficient (Wildman–Crippen LogP) is 4.52. The van der Waals surface area contributed by atoms with Gasteiger partial charge in [-0.3, -0.25) is 18.9 Å². The average Bonchev–Trinajstić information content (AvgIpc) is 3.36. The van der Waals surface area contributed by atoms with Crippen LogP contribution in [0.3, 0.4) is 0 Å². The highest BCUT2D eigenvalue weighted by atomic mass is 31.2. The Bertz CT molecular complexity index is 1900. The minimum absolute atomic E-state index is 0.504. The van der Waals surface area contributed by atoms with E-state index in [-0.39, 0.29) is 0 Å². The summed E-state index contributed by atoms with van der Waals surface area (Å²) in [5.74, 6) is 1.22. The molecule has 1 aliphatic rings. The van der Waals surface area contributed by atoms with Gasteiger partial charge in [0.1, 0.15) is 29.3 Å². The quantitative estimate of drug-likeness (QED) is 0.100. The Kier molecular flexibility index (Phi) is 11.3. The van der Waals surface area contributed by atoms with Crippen LogP contribution >= 0.6 is 7.60 Å². The fraction of sp³-hybridized carbons (Fsp3) is 0.389. The van der Waals surface area contributed by atoms with E-state index in [9.17, 15) is 24.2 Å². The molecule has 4 aromatic rings. The van der Waals surface area contributed by atoms with Crippen LogP contribution in [0.25, 0.3) is 0 Å². The first-order valence-corrected chi connectivity index (χ1v) is 20.8. The molecule has 13 nitrogen and oxygen atoms in total. The number of ether oxygens (including phenoxy) is 5. The Balaban J connectivity index is 1.73. The summed E-state index contributed by atoms with van der Waals surface area (Å²) in [6.07, 6.45) is -3.57. The summed E-state index contributed by atoms with van der Waals surface area (Å²) in [7, 11) is -4.21. The van der Waals surface area contributed by atoms with Crippen LogP contribution in [0.2, 0.25) is 13.1 Å². The fourth-order valence-electron chi connectivity index (χ4n) is 6.25. The molecule has 0 amide bonds. The molecular formula is C36H45N2O11PSi. The lowest BCUT2D eigenvalue weighted by Gasteiger charge is -2.41. The largest absolute Gasteiger partial charge is 0.497 e. The molecule has 15 heteroatoms. The standard InChI is InChI=1S/C36H45N2O11PSi/c1-34(2,3)48-31-32(38-22-21-30(39)37-33(38)40)47-29(36(31,41)50(42,43)49-51(6)7)23-46-35(24-11-9-8-10-12-24,25-13-17-27(44-4)18-14-25)26-15-19-28(45-5)20-16-26/h8-22,29,31-32,41,51H,23H2,1-7H3,(H,42,43)(H,37,39,40)/t29-,31+,32-,36+/m1/s1. The van der Waals surface area contributed by atoms with Gasteiger partial charge in [-0.15, -0.1) is 0 Å². The first-order chi connectivity index (χ1) is 24.1. The number of methoxy groups -OCH3 is 2. The Labute approximate surface area is 298 Å². The van der Waals surface area contributed by atoms with Crippen LogP contribution in [0.15, 0.2) is 101 Å². The van der Waals surface area contributed by atoms with Gasteiger partial charge in [-0.25, -0.2) is 4.79 Å². The molecule has 3 aromatic carbocycles. The molecule has 0 saturated carbocycles. The zero-order chi connectivity index (χ0) is 37.2. The number of nitrogens with zero attached hydrogens (tertiary/aromatic N) is 1. The zero-order valence-corrected chi connectivity index (χ0v) is 31.7. The number of hydrogen-bond acceptors (Lipinski definition) is 10. The molecule has 0 radical (unpaired) electrons. The average molecular weight is 741 g/mol. The molecule has 1 saturated heterocycles. The van der Waals surface area contributed by atoms with E-state index in [0.717, 1.165) is 10.6 Å². The molecule has 1 aliphatic heterocycles. The maximum absolute atomic E-state index is 14.4. The number of benzene rings is 3. The lowest BCUT2D eigenvalue weighted by molar-refractivity contribution is -0.142. The van der Waals surface area contributed by atoms with Gasteiger partial charge in [0.25, 0.3) is 5.56 Å². The van der Waals surface area contributed by atoms with Crippen molar-refractivity contribution in [3.8, 4) is 11.5 Å². The summed E-state index contributed by atoms with van der Waals surface area (Å²) in [6, 6.07) is 25.0. The summed E-state index contributed by atoms with van der Waals surface area (Å²) in [5.41, 5.74) is -1.94. The lowest BCUT2D eigenvalue weighted by Crippen LogP contribution is -2.54. The van der Waals surface area contributed by atoms with Crippen molar-refractivity contribution in [2.24, 2.45) is 0 Å². The monoisotopic (exact) mass is 740 g/mol. The van der Waals surface area contributed by atoms with Crippen molar-refractivity contribution in [3.05, 3.63) is 129 Å². The second-order valence-electron chi connectivity index (χ2n) is 13.5. The van der Waals surface area contributed by atoms with E-state index in [1.165, 1.54) is 6.20 Å². The first kappa shape index (κ1) is 38.4. The maximum atomic E-state index is 14.4. The Morgan fingerprint density at radius 1 is 0.882 bits per heavy atom. The summed E-state index contributed by atoms with van der Waals surface area (Å²) in [4.78, 5) is 39.0. The second kappa shape index (κ2) is 15.0. The van der Waals surface area contributed by atoms with E-state index in [2.05, 4.69) is 4.98 Å². The number of nitrogens with one attached hydrogen (secondary N) is 1. The van der Waals surface area contributed by atoms with Crippen LogP contribution in [0, 0.1) is 0 Å². The van der Waals surface area contributed by atoms with Crippen molar-refractivity contribution in [2.75, 3.05) is 20.8 Å². The van der Waals surface area contributed by atoms with Crippen molar-refractivity contribution in [1.29, 1.82) is 0 Å². The fourth-order valence-corrected chi connectivity index (χ4v) is 10.2. The Morgan fingerprint density at radius 3 is 1.88 bits per heavy atom. The first-order valence-electron chi connectivity index (χ1n) is 16.4. The Hall–Kier alpha value is -3.85. The number of aromatic nitrogens is 2. The minimum atomic E-state index is -5.04. The van der Waals surface area contributed by atoms with Crippen molar-refractivity contribution < 1.29 is 42.5 Å². The number of aromatic amines is 1. The van der Waals surface area contributed by atoms with Crippen molar-refractivity contribution in [1.82, 2.24) is 9.55 Å². The van der Waals surface area contributed by atoms with Crippen molar-refractivity contribution in [2.45, 2.75) is 68.8 Å². The van der Waals surface area contributed by atoms with Crippen molar-refractivity contribution in [3.63, 3.8) is 0 Å². The maximum Gasteiger partial charge on any atom is 0.355 e. The SMILES string of the molecule is COc1ccc(C(OC[C@H]2O[C@@H](n3ccc(=O)[nH]c3=O)[C@H](OC(C)(C)C)[C@@]2(O)P(=O)(O)O[SiH](C)C)(c2ccccc2)c2ccc(OC)cc2)cc1. The normalized spacial score (nSPS) is 22.1. The van der Waals surface area contributed by atoms with Crippen molar-refractivity contribution >= 4 is 16.6 Å². The molecule has 5 atom stereocenters. The molecule has 274 valence electrons.